The van der Waals surface area contributed by atoms with Crippen LogP contribution in [0.3, 0.4) is 0 Å². The summed E-state index contributed by atoms with van der Waals surface area (Å²) in [7, 11) is 0. The summed E-state index contributed by atoms with van der Waals surface area (Å²) in [5.74, 6) is -1.13. The molecule has 0 aliphatic carbocycles. The molecule has 0 atom stereocenters. The number of hydrazone groups is 1. The van der Waals surface area contributed by atoms with Gasteiger partial charge in [-0.1, -0.05) is 0 Å². The minimum absolute atomic E-state index is 0.0819. The van der Waals surface area contributed by atoms with Gasteiger partial charge in [0.15, 0.2) is 17.3 Å². The number of nitrogens with two attached hydrogens (primary N) is 1. The molecule has 0 fully saturated rings. The number of carbonyl (C=O) groups is 1. The van der Waals surface area contributed by atoms with Crippen molar-refractivity contribution < 1.29 is 19.4 Å². The quantitative estimate of drug-likeness (QED) is 0.321. The van der Waals surface area contributed by atoms with Crippen LogP contribution in [0.4, 0.5) is 5.69 Å². The Morgan fingerprint density at radius 1 is 1.39 bits per heavy atom. The number of anilines is 1. The molecule has 0 saturated heterocycles. The fraction of sp³-hybridized carbons (Fsp3) is 0.286. The minimum atomic E-state index is -1.21. The lowest BCUT2D eigenvalue weighted by Crippen LogP contribution is -2.22. The molecule has 0 unspecified atom stereocenters. The number of rotatable bonds is 8. The van der Waals surface area contributed by atoms with E-state index in [4.69, 9.17) is 25.9 Å². The summed E-state index contributed by atoms with van der Waals surface area (Å²) in [4.78, 5) is 11.4. The number of hydrogen-bond donors (Lipinski definition) is 4. The molecule has 0 aromatic heterocycles. The first-order valence-corrected chi connectivity index (χ1v) is 6.69. The van der Waals surface area contributed by atoms with Gasteiger partial charge in [-0.15, -0.1) is 0 Å². The highest BCUT2D eigenvalue weighted by molar-refractivity contribution is 6.45. The SMILES string of the molecule is CCOc1cc(N/N=C(\C#N)C(=N)N)c(C(=O)O)cc1OCC. The third kappa shape index (κ3) is 4.60. The molecule has 0 heterocycles. The van der Waals surface area contributed by atoms with E-state index in [9.17, 15) is 9.90 Å². The van der Waals surface area contributed by atoms with E-state index in [0.29, 0.717) is 19.0 Å². The molecule has 9 heteroatoms. The maximum atomic E-state index is 11.4. The lowest BCUT2D eigenvalue weighted by Gasteiger charge is -2.14. The fourth-order valence-corrected chi connectivity index (χ4v) is 1.63. The normalized spacial score (nSPS) is 10.6. The standard InChI is InChI=1S/C14H17N5O4/c1-3-22-11-5-8(14(20)21)9(6-12(11)23-4-2)18-19-10(7-15)13(16)17/h5-6,18H,3-4H2,1-2H3,(H3,16,17)(H,20,21)/b19-10+. The fourth-order valence-electron chi connectivity index (χ4n) is 1.63. The first-order valence-electron chi connectivity index (χ1n) is 6.69. The zero-order valence-corrected chi connectivity index (χ0v) is 12.7. The molecule has 0 radical (unpaired) electrons. The van der Waals surface area contributed by atoms with Crippen LogP contribution in [0.2, 0.25) is 0 Å². The van der Waals surface area contributed by atoms with Gasteiger partial charge in [0, 0.05) is 12.1 Å². The van der Waals surface area contributed by atoms with Gasteiger partial charge in [0.2, 0.25) is 5.71 Å². The summed E-state index contributed by atoms with van der Waals surface area (Å²) in [6.07, 6.45) is 0. The summed E-state index contributed by atoms with van der Waals surface area (Å²) in [6.45, 7) is 4.23. The molecule has 1 aromatic carbocycles. The Hall–Kier alpha value is -3.28. The average Bonchev–Trinajstić information content (AvgIpc) is 2.49. The van der Waals surface area contributed by atoms with Gasteiger partial charge in [-0.2, -0.15) is 10.4 Å². The maximum absolute atomic E-state index is 11.4. The number of ether oxygens (including phenoxy) is 2. The molecule has 0 saturated carbocycles. The van der Waals surface area contributed by atoms with Crippen LogP contribution in [-0.4, -0.2) is 35.8 Å². The van der Waals surface area contributed by atoms with E-state index in [0.717, 1.165) is 0 Å². The molecule has 1 aromatic rings. The summed E-state index contributed by atoms with van der Waals surface area (Å²) < 4.78 is 10.8. The summed E-state index contributed by atoms with van der Waals surface area (Å²) in [5, 5.41) is 28.9. The van der Waals surface area contributed by atoms with Gasteiger partial charge in [-0.25, -0.2) is 4.79 Å². The first kappa shape index (κ1) is 17.8. The lowest BCUT2D eigenvalue weighted by molar-refractivity contribution is 0.0697. The molecule has 0 amide bonds. The molecule has 0 aliphatic heterocycles. The van der Waals surface area contributed by atoms with Crippen LogP contribution < -0.4 is 20.6 Å². The number of nitriles is 1. The van der Waals surface area contributed by atoms with Crippen molar-refractivity contribution in [2.75, 3.05) is 18.6 Å². The maximum Gasteiger partial charge on any atom is 0.338 e. The average molecular weight is 319 g/mol. The summed E-state index contributed by atoms with van der Waals surface area (Å²) >= 11 is 0. The van der Waals surface area contributed by atoms with Crippen LogP contribution in [0, 0.1) is 16.7 Å². The number of hydrogen-bond acceptors (Lipinski definition) is 7. The van der Waals surface area contributed by atoms with Crippen LogP contribution in [0.15, 0.2) is 17.2 Å². The molecule has 0 aliphatic rings. The van der Waals surface area contributed by atoms with E-state index in [1.54, 1.807) is 19.9 Å². The van der Waals surface area contributed by atoms with E-state index in [1.165, 1.54) is 12.1 Å². The highest BCUT2D eigenvalue weighted by Gasteiger charge is 2.17. The Bertz CT molecular complexity index is 678. The van der Waals surface area contributed by atoms with Crippen molar-refractivity contribution in [3.63, 3.8) is 0 Å². The van der Waals surface area contributed by atoms with Crippen molar-refractivity contribution in [2.45, 2.75) is 13.8 Å². The zero-order chi connectivity index (χ0) is 17.4. The molecule has 5 N–H and O–H groups in total. The topological polar surface area (TPSA) is 154 Å². The van der Waals surface area contributed by atoms with Crippen molar-refractivity contribution in [3.05, 3.63) is 17.7 Å². The third-order valence-electron chi connectivity index (χ3n) is 2.56. The highest BCUT2D eigenvalue weighted by Crippen LogP contribution is 2.34. The number of nitrogens with one attached hydrogen (secondary N) is 2. The van der Waals surface area contributed by atoms with Crippen LogP contribution in [0.1, 0.15) is 24.2 Å². The Morgan fingerprint density at radius 2 is 1.96 bits per heavy atom. The Labute approximate surface area is 132 Å². The second-order valence-electron chi connectivity index (χ2n) is 4.11. The molecular weight excluding hydrogens is 302 g/mol. The van der Waals surface area contributed by atoms with E-state index in [-0.39, 0.29) is 22.7 Å². The van der Waals surface area contributed by atoms with Gasteiger partial charge in [0.1, 0.15) is 6.07 Å². The van der Waals surface area contributed by atoms with Gasteiger partial charge in [-0.3, -0.25) is 10.8 Å². The number of benzene rings is 1. The van der Waals surface area contributed by atoms with Crippen molar-refractivity contribution in [2.24, 2.45) is 10.8 Å². The van der Waals surface area contributed by atoms with Crippen molar-refractivity contribution in [1.82, 2.24) is 0 Å². The number of carboxylic acid groups (broad SMARTS) is 1. The van der Waals surface area contributed by atoms with Gasteiger partial charge in [-0.05, 0) is 13.8 Å². The molecule has 122 valence electrons. The van der Waals surface area contributed by atoms with Crippen LogP contribution in [0.5, 0.6) is 11.5 Å². The number of aromatic carboxylic acids is 1. The summed E-state index contributed by atoms with van der Waals surface area (Å²) in [5.41, 5.74) is 7.19. The Morgan fingerprint density at radius 3 is 2.39 bits per heavy atom. The Balaban J connectivity index is 3.33. The molecular formula is C14H17N5O4. The molecule has 23 heavy (non-hydrogen) atoms. The van der Waals surface area contributed by atoms with Crippen LogP contribution >= 0.6 is 0 Å². The van der Waals surface area contributed by atoms with E-state index in [2.05, 4.69) is 10.5 Å². The molecule has 0 bridgehead atoms. The van der Waals surface area contributed by atoms with Crippen molar-refractivity contribution in [3.8, 4) is 17.6 Å². The highest BCUT2D eigenvalue weighted by atomic mass is 16.5. The monoisotopic (exact) mass is 319 g/mol. The molecule has 9 nitrogen and oxygen atoms in total. The second-order valence-corrected chi connectivity index (χ2v) is 4.11. The van der Waals surface area contributed by atoms with E-state index < -0.39 is 11.8 Å². The Kier molecular flexibility index (Phi) is 6.36. The number of nitrogens with zero attached hydrogens (tertiary/aromatic N) is 2. The predicted molar refractivity (Wildman–Crippen MR) is 84.3 cm³/mol. The largest absolute Gasteiger partial charge is 0.490 e. The zero-order valence-electron chi connectivity index (χ0n) is 12.7. The smallest absolute Gasteiger partial charge is 0.338 e. The van der Waals surface area contributed by atoms with Crippen molar-refractivity contribution >= 4 is 23.2 Å². The summed E-state index contributed by atoms with van der Waals surface area (Å²) in [6, 6.07) is 4.33. The van der Waals surface area contributed by atoms with Crippen LogP contribution in [0.25, 0.3) is 0 Å². The van der Waals surface area contributed by atoms with Gasteiger partial charge < -0.3 is 20.3 Å². The molecule has 0 spiro atoms. The molecule has 1 rings (SSSR count). The number of carboxylic acids is 1. The van der Waals surface area contributed by atoms with Crippen LogP contribution in [-0.2, 0) is 0 Å². The van der Waals surface area contributed by atoms with Crippen molar-refractivity contribution in [1.29, 1.82) is 10.7 Å². The van der Waals surface area contributed by atoms with Gasteiger partial charge in [0.05, 0.1) is 24.5 Å². The third-order valence-corrected chi connectivity index (χ3v) is 2.56. The minimum Gasteiger partial charge on any atom is -0.490 e. The lowest BCUT2D eigenvalue weighted by atomic mass is 10.1. The predicted octanol–water partition coefficient (Wildman–Crippen LogP) is 1.41. The van der Waals surface area contributed by atoms with E-state index >= 15 is 0 Å². The van der Waals surface area contributed by atoms with Gasteiger partial charge in [0.25, 0.3) is 0 Å². The second kappa shape index (κ2) is 8.23. The number of amidine groups is 1. The first-order chi connectivity index (χ1) is 10.9. The van der Waals surface area contributed by atoms with Gasteiger partial charge >= 0.3 is 5.97 Å². The van der Waals surface area contributed by atoms with E-state index in [1.807, 2.05) is 0 Å².